The number of para-hydroxylation sites is 1. The molecule has 6 nitrogen and oxygen atoms in total. The van der Waals surface area contributed by atoms with Crippen molar-refractivity contribution in [3.8, 4) is 0 Å². The van der Waals surface area contributed by atoms with Gasteiger partial charge < -0.3 is 15.0 Å². The zero-order valence-corrected chi connectivity index (χ0v) is 17.0. The van der Waals surface area contributed by atoms with Crippen molar-refractivity contribution in [2.24, 2.45) is 5.92 Å². The van der Waals surface area contributed by atoms with Crippen molar-refractivity contribution in [3.63, 3.8) is 0 Å². The highest BCUT2D eigenvalue weighted by atomic mass is 16.5. The Balaban J connectivity index is 1.70. The zero-order valence-electron chi connectivity index (χ0n) is 17.0. The van der Waals surface area contributed by atoms with E-state index in [1.165, 1.54) is 7.11 Å². The molecule has 0 saturated carbocycles. The van der Waals surface area contributed by atoms with Crippen molar-refractivity contribution < 1.29 is 19.1 Å². The molecule has 2 aromatic rings. The summed E-state index contributed by atoms with van der Waals surface area (Å²) in [6.07, 6.45) is 1.16. The number of benzene rings is 2. The molecule has 1 fully saturated rings. The Labute approximate surface area is 170 Å². The molecule has 0 aromatic heterocycles. The molecule has 29 heavy (non-hydrogen) atoms. The monoisotopic (exact) mass is 394 g/mol. The second-order valence-corrected chi connectivity index (χ2v) is 7.33. The minimum Gasteiger partial charge on any atom is -0.465 e. The molecular weight excluding hydrogens is 368 g/mol. The normalized spacial score (nSPS) is 17.1. The molecule has 1 heterocycles. The van der Waals surface area contributed by atoms with E-state index in [9.17, 15) is 14.4 Å². The van der Waals surface area contributed by atoms with E-state index in [-0.39, 0.29) is 18.2 Å². The Morgan fingerprint density at radius 2 is 1.86 bits per heavy atom. The van der Waals surface area contributed by atoms with Crippen LogP contribution in [0, 0.1) is 5.92 Å². The van der Waals surface area contributed by atoms with Crippen LogP contribution in [-0.2, 0) is 14.3 Å². The first-order valence-corrected chi connectivity index (χ1v) is 9.83. The lowest BCUT2D eigenvalue weighted by molar-refractivity contribution is -0.122. The van der Waals surface area contributed by atoms with Gasteiger partial charge in [0.1, 0.15) is 0 Å². The number of carbonyl (C=O) groups excluding carboxylic acids is 3. The van der Waals surface area contributed by atoms with E-state index in [0.717, 1.165) is 17.7 Å². The highest BCUT2D eigenvalue weighted by Gasteiger charge is 2.36. The van der Waals surface area contributed by atoms with Crippen molar-refractivity contribution in [3.05, 3.63) is 59.7 Å². The number of nitrogens with one attached hydrogen (secondary N) is 1. The van der Waals surface area contributed by atoms with Crippen LogP contribution in [0.15, 0.2) is 48.5 Å². The van der Waals surface area contributed by atoms with Crippen LogP contribution in [-0.4, -0.2) is 31.4 Å². The van der Waals surface area contributed by atoms with Gasteiger partial charge in [-0.15, -0.1) is 0 Å². The van der Waals surface area contributed by atoms with E-state index < -0.39 is 11.9 Å². The van der Waals surface area contributed by atoms with Crippen LogP contribution in [0.5, 0.6) is 0 Å². The summed E-state index contributed by atoms with van der Waals surface area (Å²) in [5.41, 5.74) is 3.01. The second kappa shape index (κ2) is 8.90. The lowest BCUT2D eigenvalue weighted by Gasteiger charge is -2.23. The summed E-state index contributed by atoms with van der Waals surface area (Å²) < 4.78 is 4.67. The van der Waals surface area contributed by atoms with Gasteiger partial charge in [-0.05, 0) is 48.2 Å². The van der Waals surface area contributed by atoms with Gasteiger partial charge in [0.05, 0.1) is 18.6 Å². The lowest BCUT2D eigenvalue weighted by atomic mass is 9.96. The molecule has 2 atom stereocenters. The number of esters is 1. The third kappa shape index (κ3) is 4.47. The SMILES string of the molecule is CC[C@H](C)c1ccccc1N1C[C@@H](C(=O)Nc2ccc(C(=O)OC)cc2)CC1=O. The molecule has 1 aliphatic rings. The number of hydrogen-bond acceptors (Lipinski definition) is 4. The Kier molecular flexibility index (Phi) is 6.32. The summed E-state index contributed by atoms with van der Waals surface area (Å²) >= 11 is 0. The number of amides is 2. The first-order chi connectivity index (χ1) is 13.9. The van der Waals surface area contributed by atoms with Gasteiger partial charge >= 0.3 is 5.97 Å². The lowest BCUT2D eigenvalue weighted by Crippen LogP contribution is -2.29. The van der Waals surface area contributed by atoms with Crippen LogP contribution in [0.4, 0.5) is 11.4 Å². The minimum absolute atomic E-state index is 0.0399. The van der Waals surface area contributed by atoms with Gasteiger partial charge in [0.15, 0.2) is 0 Å². The molecule has 0 spiro atoms. The van der Waals surface area contributed by atoms with Crippen LogP contribution in [0.2, 0.25) is 0 Å². The fraction of sp³-hybridized carbons (Fsp3) is 0.348. The average molecular weight is 394 g/mol. The summed E-state index contributed by atoms with van der Waals surface area (Å²) in [5, 5.41) is 2.84. The van der Waals surface area contributed by atoms with Gasteiger partial charge in [-0.1, -0.05) is 32.0 Å². The van der Waals surface area contributed by atoms with Crippen LogP contribution in [0.1, 0.15) is 48.5 Å². The molecular formula is C23H26N2O4. The molecule has 1 saturated heterocycles. The number of anilines is 2. The van der Waals surface area contributed by atoms with Crippen molar-refractivity contribution in [1.82, 2.24) is 0 Å². The largest absolute Gasteiger partial charge is 0.465 e. The van der Waals surface area contributed by atoms with Gasteiger partial charge in [-0.25, -0.2) is 4.79 Å². The quantitative estimate of drug-likeness (QED) is 0.752. The molecule has 0 radical (unpaired) electrons. The molecule has 2 amide bonds. The first kappa shape index (κ1) is 20.6. The number of methoxy groups -OCH3 is 1. The molecule has 0 aliphatic carbocycles. The smallest absolute Gasteiger partial charge is 0.337 e. The summed E-state index contributed by atoms with van der Waals surface area (Å²) in [4.78, 5) is 38.6. The maximum absolute atomic E-state index is 12.7. The fourth-order valence-electron chi connectivity index (χ4n) is 3.54. The van der Waals surface area contributed by atoms with Crippen LogP contribution < -0.4 is 10.2 Å². The third-order valence-corrected chi connectivity index (χ3v) is 5.44. The molecule has 0 unspecified atom stereocenters. The van der Waals surface area contributed by atoms with Crippen LogP contribution in [0.3, 0.4) is 0 Å². The van der Waals surface area contributed by atoms with Crippen molar-refractivity contribution in [2.45, 2.75) is 32.6 Å². The topological polar surface area (TPSA) is 75.7 Å². The summed E-state index contributed by atoms with van der Waals surface area (Å²) in [7, 11) is 1.32. The summed E-state index contributed by atoms with van der Waals surface area (Å²) in [5.74, 6) is -0.762. The van der Waals surface area contributed by atoms with Gasteiger partial charge in [-0.3, -0.25) is 9.59 Å². The maximum atomic E-state index is 12.7. The summed E-state index contributed by atoms with van der Waals surface area (Å²) in [6.45, 7) is 4.62. The van der Waals surface area contributed by atoms with Gasteiger partial charge in [0.2, 0.25) is 11.8 Å². The standard InChI is InChI=1S/C23H26N2O4/c1-4-15(2)19-7-5-6-8-20(19)25-14-17(13-21(25)26)22(27)24-18-11-9-16(10-12-18)23(28)29-3/h5-12,15,17H,4,13-14H2,1-3H3,(H,24,27)/t15-,17-/m0/s1. The molecule has 152 valence electrons. The van der Waals surface area contributed by atoms with E-state index in [0.29, 0.717) is 23.7 Å². The third-order valence-electron chi connectivity index (χ3n) is 5.44. The Bertz CT molecular complexity index is 907. The molecule has 6 heteroatoms. The number of rotatable bonds is 6. The van der Waals surface area contributed by atoms with Gasteiger partial charge in [0.25, 0.3) is 0 Å². The van der Waals surface area contributed by atoms with Crippen LogP contribution >= 0.6 is 0 Å². The van der Waals surface area contributed by atoms with E-state index >= 15 is 0 Å². The number of hydrogen-bond donors (Lipinski definition) is 1. The molecule has 3 rings (SSSR count). The molecule has 2 aromatic carbocycles. The molecule has 1 N–H and O–H groups in total. The Morgan fingerprint density at radius 3 is 2.52 bits per heavy atom. The second-order valence-electron chi connectivity index (χ2n) is 7.33. The van der Waals surface area contributed by atoms with Crippen molar-refractivity contribution in [2.75, 3.05) is 23.9 Å². The van der Waals surface area contributed by atoms with Crippen LogP contribution in [0.25, 0.3) is 0 Å². The first-order valence-electron chi connectivity index (χ1n) is 9.83. The summed E-state index contributed by atoms with van der Waals surface area (Å²) in [6, 6.07) is 14.4. The van der Waals surface area contributed by atoms with Gasteiger partial charge in [-0.2, -0.15) is 0 Å². The molecule has 1 aliphatic heterocycles. The number of carbonyl (C=O) groups is 3. The fourth-order valence-corrected chi connectivity index (χ4v) is 3.54. The predicted octanol–water partition coefficient (Wildman–Crippen LogP) is 3.98. The van der Waals surface area contributed by atoms with E-state index in [1.807, 2.05) is 24.3 Å². The van der Waals surface area contributed by atoms with E-state index in [4.69, 9.17) is 0 Å². The number of ether oxygens (including phenoxy) is 1. The van der Waals surface area contributed by atoms with E-state index in [2.05, 4.69) is 23.9 Å². The minimum atomic E-state index is -0.431. The number of nitrogens with zero attached hydrogens (tertiary/aromatic N) is 1. The predicted molar refractivity (Wildman–Crippen MR) is 112 cm³/mol. The molecule has 0 bridgehead atoms. The van der Waals surface area contributed by atoms with Crippen molar-refractivity contribution in [1.29, 1.82) is 0 Å². The highest BCUT2D eigenvalue weighted by Crippen LogP contribution is 2.33. The maximum Gasteiger partial charge on any atom is 0.337 e. The Hall–Kier alpha value is -3.15. The zero-order chi connectivity index (χ0) is 21.0. The van der Waals surface area contributed by atoms with Gasteiger partial charge in [0, 0.05) is 24.3 Å². The Morgan fingerprint density at radius 1 is 1.17 bits per heavy atom. The highest BCUT2D eigenvalue weighted by molar-refractivity contribution is 6.04. The average Bonchev–Trinajstić information content (AvgIpc) is 3.14. The van der Waals surface area contributed by atoms with E-state index in [1.54, 1.807) is 29.2 Å². The van der Waals surface area contributed by atoms with Crippen molar-refractivity contribution >= 4 is 29.2 Å².